The Labute approximate surface area is 89.7 Å². The van der Waals surface area contributed by atoms with E-state index < -0.39 is 0 Å². The molecule has 82 valence electrons. The summed E-state index contributed by atoms with van der Waals surface area (Å²) in [5.41, 5.74) is 6.62. The number of aliphatic hydroxyl groups is 1. The summed E-state index contributed by atoms with van der Waals surface area (Å²) >= 11 is 0. The Kier molecular flexibility index (Phi) is 3.18. The highest BCUT2D eigenvalue weighted by Crippen LogP contribution is 2.13. The van der Waals surface area contributed by atoms with Crippen LogP contribution in [-0.2, 0) is 6.54 Å². The number of piperidine rings is 1. The summed E-state index contributed by atoms with van der Waals surface area (Å²) in [5, 5.41) is 9.37. The van der Waals surface area contributed by atoms with Gasteiger partial charge in [-0.05, 0) is 25.0 Å². The van der Waals surface area contributed by atoms with Crippen molar-refractivity contribution < 1.29 is 5.11 Å². The van der Waals surface area contributed by atoms with E-state index in [2.05, 4.69) is 9.88 Å². The standard InChI is InChI=1S/C11H17N3O/c12-11-3-1-2-9(13-11)8-14-6-4-10(15)5-7-14/h1-3,10,15H,4-8H2,(H2,12,13). The molecule has 0 spiro atoms. The van der Waals surface area contributed by atoms with E-state index in [-0.39, 0.29) is 6.10 Å². The fourth-order valence-electron chi connectivity index (χ4n) is 1.89. The van der Waals surface area contributed by atoms with Crippen molar-refractivity contribution in [1.29, 1.82) is 0 Å². The normalized spacial score (nSPS) is 19.3. The maximum absolute atomic E-state index is 9.37. The van der Waals surface area contributed by atoms with Crippen LogP contribution < -0.4 is 5.73 Å². The summed E-state index contributed by atoms with van der Waals surface area (Å²) < 4.78 is 0. The fraction of sp³-hybridized carbons (Fsp3) is 0.545. The van der Waals surface area contributed by atoms with Gasteiger partial charge in [-0.25, -0.2) is 4.98 Å². The molecule has 0 aliphatic carbocycles. The van der Waals surface area contributed by atoms with Gasteiger partial charge in [0.15, 0.2) is 0 Å². The summed E-state index contributed by atoms with van der Waals surface area (Å²) in [5.74, 6) is 0.574. The van der Waals surface area contributed by atoms with Crippen LogP contribution in [0.5, 0.6) is 0 Å². The highest BCUT2D eigenvalue weighted by Gasteiger charge is 2.17. The largest absolute Gasteiger partial charge is 0.393 e. The van der Waals surface area contributed by atoms with Gasteiger partial charge in [0, 0.05) is 19.6 Å². The molecule has 2 heterocycles. The minimum absolute atomic E-state index is 0.116. The van der Waals surface area contributed by atoms with E-state index in [1.165, 1.54) is 0 Å². The lowest BCUT2D eigenvalue weighted by molar-refractivity contribution is 0.0787. The van der Waals surface area contributed by atoms with Crippen molar-refractivity contribution in [3.05, 3.63) is 23.9 Å². The SMILES string of the molecule is Nc1cccc(CN2CCC(O)CC2)n1. The molecular weight excluding hydrogens is 190 g/mol. The number of pyridine rings is 1. The van der Waals surface area contributed by atoms with Crippen LogP contribution in [-0.4, -0.2) is 34.2 Å². The zero-order valence-corrected chi connectivity index (χ0v) is 8.76. The first-order valence-electron chi connectivity index (χ1n) is 5.36. The number of rotatable bonds is 2. The van der Waals surface area contributed by atoms with Crippen LogP contribution in [0.15, 0.2) is 18.2 Å². The Morgan fingerprint density at radius 2 is 2.13 bits per heavy atom. The average molecular weight is 207 g/mol. The van der Waals surface area contributed by atoms with Crippen molar-refractivity contribution in [3.8, 4) is 0 Å². The molecule has 0 saturated carbocycles. The van der Waals surface area contributed by atoms with Crippen LogP contribution in [0.25, 0.3) is 0 Å². The van der Waals surface area contributed by atoms with Crippen molar-refractivity contribution in [2.24, 2.45) is 0 Å². The third-order valence-electron chi connectivity index (χ3n) is 2.77. The predicted molar refractivity (Wildman–Crippen MR) is 59.2 cm³/mol. The van der Waals surface area contributed by atoms with E-state index in [4.69, 9.17) is 5.73 Å². The van der Waals surface area contributed by atoms with Crippen LogP contribution in [0.2, 0.25) is 0 Å². The van der Waals surface area contributed by atoms with Gasteiger partial charge in [0.25, 0.3) is 0 Å². The van der Waals surface area contributed by atoms with E-state index in [9.17, 15) is 5.11 Å². The summed E-state index contributed by atoms with van der Waals surface area (Å²) in [7, 11) is 0. The molecular formula is C11H17N3O. The zero-order chi connectivity index (χ0) is 10.7. The second-order valence-electron chi connectivity index (χ2n) is 4.06. The van der Waals surface area contributed by atoms with Crippen LogP contribution in [0, 0.1) is 0 Å². The van der Waals surface area contributed by atoms with Crippen molar-refractivity contribution in [3.63, 3.8) is 0 Å². The van der Waals surface area contributed by atoms with E-state index in [1.807, 2.05) is 12.1 Å². The van der Waals surface area contributed by atoms with Crippen molar-refractivity contribution in [1.82, 2.24) is 9.88 Å². The molecule has 15 heavy (non-hydrogen) atoms. The van der Waals surface area contributed by atoms with Crippen LogP contribution >= 0.6 is 0 Å². The molecule has 1 fully saturated rings. The number of aliphatic hydroxyl groups excluding tert-OH is 1. The summed E-state index contributed by atoms with van der Waals surface area (Å²) in [4.78, 5) is 6.56. The van der Waals surface area contributed by atoms with Crippen LogP contribution in [0.4, 0.5) is 5.82 Å². The molecule has 1 aromatic rings. The van der Waals surface area contributed by atoms with Gasteiger partial charge < -0.3 is 10.8 Å². The second-order valence-corrected chi connectivity index (χ2v) is 4.06. The summed E-state index contributed by atoms with van der Waals surface area (Å²) in [6.07, 6.45) is 1.61. The number of nitrogens with two attached hydrogens (primary N) is 1. The van der Waals surface area contributed by atoms with Crippen LogP contribution in [0.1, 0.15) is 18.5 Å². The molecule has 0 radical (unpaired) electrons. The zero-order valence-electron chi connectivity index (χ0n) is 8.76. The Morgan fingerprint density at radius 3 is 2.80 bits per heavy atom. The van der Waals surface area contributed by atoms with Crippen molar-refractivity contribution >= 4 is 5.82 Å². The van der Waals surface area contributed by atoms with Gasteiger partial charge in [0.05, 0.1) is 11.8 Å². The minimum atomic E-state index is -0.116. The van der Waals surface area contributed by atoms with Gasteiger partial charge in [0.2, 0.25) is 0 Å². The molecule has 0 unspecified atom stereocenters. The first-order valence-corrected chi connectivity index (χ1v) is 5.36. The fourth-order valence-corrected chi connectivity index (χ4v) is 1.89. The Hall–Kier alpha value is -1.13. The first kappa shape index (κ1) is 10.4. The van der Waals surface area contributed by atoms with Gasteiger partial charge in [0.1, 0.15) is 5.82 Å². The Morgan fingerprint density at radius 1 is 1.40 bits per heavy atom. The lowest BCUT2D eigenvalue weighted by Gasteiger charge is -2.29. The number of aromatic nitrogens is 1. The highest BCUT2D eigenvalue weighted by molar-refractivity contribution is 5.28. The Balaban J connectivity index is 1.92. The molecule has 1 aliphatic heterocycles. The third kappa shape index (κ3) is 2.91. The van der Waals surface area contributed by atoms with Gasteiger partial charge in [-0.2, -0.15) is 0 Å². The molecule has 0 bridgehead atoms. The van der Waals surface area contributed by atoms with E-state index >= 15 is 0 Å². The highest BCUT2D eigenvalue weighted by atomic mass is 16.3. The molecule has 1 aliphatic rings. The van der Waals surface area contributed by atoms with E-state index in [1.54, 1.807) is 6.07 Å². The number of hydrogen-bond donors (Lipinski definition) is 2. The molecule has 0 amide bonds. The minimum Gasteiger partial charge on any atom is -0.393 e. The van der Waals surface area contributed by atoms with Crippen LogP contribution in [0.3, 0.4) is 0 Å². The molecule has 0 atom stereocenters. The molecule has 1 saturated heterocycles. The predicted octanol–water partition coefficient (Wildman–Crippen LogP) is 0.620. The summed E-state index contributed by atoms with van der Waals surface area (Å²) in [6, 6.07) is 5.71. The number of likely N-dealkylation sites (tertiary alicyclic amines) is 1. The number of nitrogens with zero attached hydrogens (tertiary/aromatic N) is 2. The van der Waals surface area contributed by atoms with Crippen molar-refractivity contribution in [2.45, 2.75) is 25.5 Å². The number of anilines is 1. The molecule has 4 heteroatoms. The number of nitrogen functional groups attached to an aromatic ring is 1. The smallest absolute Gasteiger partial charge is 0.123 e. The van der Waals surface area contributed by atoms with E-state index in [0.717, 1.165) is 38.2 Å². The van der Waals surface area contributed by atoms with Gasteiger partial charge in [-0.1, -0.05) is 6.07 Å². The average Bonchev–Trinajstić information content (AvgIpc) is 2.22. The number of hydrogen-bond acceptors (Lipinski definition) is 4. The lowest BCUT2D eigenvalue weighted by Crippen LogP contribution is -2.35. The molecule has 3 N–H and O–H groups in total. The van der Waals surface area contributed by atoms with Gasteiger partial charge in [-0.15, -0.1) is 0 Å². The second kappa shape index (κ2) is 4.59. The van der Waals surface area contributed by atoms with Gasteiger partial charge >= 0.3 is 0 Å². The summed E-state index contributed by atoms with van der Waals surface area (Å²) in [6.45, 7) is 2.72. The third-order valence-corrected chi connectivity index (χ3v) is 2.77. The monoisotopic (exact) mass is 207 g/mol. The lowest BCUT2D eigenvalue weighted by atomic mass is 10.1. The first-order chi connectivity index (χ1) is 7.24. The Bertz CT molecular complexity index is 321. The molecule has 1 aromatic heterocycles. The van der Waals surface area contributed by atoms with E-state index in [0.29, 0.717) is 5.82 Å². The maximum Gasteiger partial charge on any atom is 0.123 e. The topological polar surface area (TPSA) is 62.4 Å². The molecule has 2 rings (SSSR count). The van der Waals surface area contributed by atoms with Gasteiger partial charge in [-0.3, -0.25) is 4.90 Å². The molecule has 4 nitrogen and oxygen atoms in total. The maximum atomic E-state index is 9.37. The quantitative estimate of drug-likeness (QED) is 0.746. The van der Waals surface area contributed by atoms with Crippen molar-refractivity contribution in [2.75, 3.05) is 18.8 Å². The molecule has 0 aromatic carbocycles.